The fourth-order valence-corrected chi connectivity index (χ4v) is 7.88. The molecule has 2 saturated heterocycles. The third-order valence-electron chi connectivity index (χ3n) is 8.66. The van der Waals surface area contributed by atoms with Gasteiger partial charge in [0.2, 0.25) is 11.8 Å². The number of phenols is 1. The minimum atomic E-state index is -1.99. The van der Waals surface area contributed by atoms with Gasteiger partial charge in [0.1, 0.15) is 11.6 Å². The summed E-state index contributed by atoms with van der Waals surface area (Å²) in [6.45, 7) is 2.19. The van der Waals surface area contributed by atoms with Crippen LogP contribution in [0.1, 0.15) is 37.7 Å². The van der Waals surface area contributed by atoms with Gasteiger partial charge in [-0.1, -0.05) is 30.7 Å². The lowest BCUT2D eigenvalue weighted by molar-refractivity contribution is -0.140. The number of imide groups is 2. The lowest BCUT2D eigenvalue weighted by atomic mass is 9.56. The SMILES string of the molecule is CCCN1C(=O)C2CC=C3C(CC4(Cl)C(=O)N(c5ccc(F)cc5)C(=O)C4(Cl)C3c3ccc(O)cc3)C2C1=O. The maximum absolute atomic E-state index is 14.2. The van der Waals surface area contributed by atoms with Crippen LogP contribution in [0.5, 0.6) is 5.75 Å². The highest BCUT2D eigenvalue weighted by atomic mass is 35.5. The van der Waals surface area contributed by atoms with Gasteiger partial charge in [0, 0.05) is 12.5 Å². The number of alkyl halides is 2. The summed E-state index contributed by atoms with van der Waals surface area (Å²) < 4.78 is 13.7. The number of amides is 4. The second kappa shape index (κ2) is 8.89. The first-order valence-corrected chi connectivity index (χ1v) is 13.7. The Morgan fingerprint density at radius 1 is 0.949 bits per heavy atom. The normalized spacial score (nSPS) is 33.7. The molecule has 1 N–H and O–H groups in total. The van der Waals surface area contributed by atoms with Crippen LogP contribution in [0.25, 0.3) is 0 Å². The van der Waals surface area contributed by atoms with E-state index in [2.05, 4.69) is 0 Å². The number of halogens is 3. The zero-order valence-electron chi connectivity index (χ0n) is 20.9. The Labute approximate surface area is 234 Å². The first-order valence-electron chi connectivity index (χ1n) is 12.9. The van der Waals surface area contributed by atoms with Gasteiger partial charge in [0.05, 0.1) is 17.5 Å². The van der Waals surface area contributed by atoms with Crippen molar-refractivity contribution >= 4 is 52.5 Å². The summed E-state index contributed by atoms with van der Waals surface area (Å²) in [5, 5.41) is 9.94. The van der Waals surface area contributed by atoms with Crippen molar-refractivity contribution in [3.8, 4) is 5.75 Å². The van der Waals surface area contributed by atoms with Crippen LogP contribution >= 0.6 is 23.2 Å². The van der Waals surface area contributed by atoms with Gasteiger partial charge in [-0.05, 0) is 67.1 Å². The Kier molecular flexibility index (Phi) is 5.93. The maximum Gasteiger partial charge on any atom is 0.258 e. The monoisotopic (exact) mass is 570 g/mol. The van der Waals surface area contributed by atoms with Gasteiger partial charge in [-0.15, -0.1) is 23.2 Å². The fourth-order valence-electron chi connectivity index (χ4n) is 6.95. The number of allylic oxidation sites excluding steroid dienone is 2. The van der Waals surface area contributed by atoms with Gasteiger partial charge < -0.3 is 5.11 Å². The molecule has 2 aromatic carbocycles. The predicted molar refractivity (Wildman–Crippen MR) is 142 cm³/mol. The highest BCUT2D eigenvalue weighted by Crippen LogP contribution is 2.65. The number of nitrogens with zero attached hydrogens (tertiary/aromatic N) is 2. The molecule has 2 aromatic rings. The zero-order chi connectivity index (χ0) is 27.9. The summed E-state index contributed by atoms with van der Waals surface area (Å²) >= 11 is 14.5. The van der Waals surface area contributed by atoms with E-state index in [0.717, 1.165) is 17.0 Å². The van der Waals surface area contributed by atoms with E-state index in [9.17, 15) is 28.7 Å². The molecular formula is C29H25Cl2FN2O5. The molecule has 7 nitrogen and oxygen atoms in total. The molecule has 1 saturated carbocycles. The van der Waals surface area contributed by atoms with Crippen LogP contribution in [0.3, 0.4) is 0 Å². The largest absolute Gasteiger partial charge is 0.508 e. The quantitative estimate of drug-likeness (QED) is 0.331. The number of benzene rings is 2. The van der Waals surface area contributed by atoms with E-state index in [4.69, 9.17) is 23.2 Å². The standard InChI is InChI=1S/C29H25Cl2FN2O5/c1-2-13-33-24(36)20-12-11-19-21(22(20)25(33)37)14-28(30)26(38)34(17-7-5-16(32)6-8-17)27(39)29(28,31)23(19)15-3-9-18(35)10-4-15/h3-11,20-23,35H,2,12-14H2,1H3. The number of anilines is 1. The van der Waals surface area contributed by atoms with Crippen molar-refractivity contribution in [3.63, 3.8) is 0 Å². The van der Waals surface area contributed by atoms with Crippen LogP contribution in [-0.2, 0) is 19.2 Å². The van der Waals surface area contributed by atoms with E-state index in [1.165, 1.54) is 29.2 Å². The maximum atomic E-state index is 14.2. The number of hydrogen-bond acceptors (Lipinski definition) is 5. The summed E-state index contributed by atoms with van der Waals surface area (Å²) in [5.41, 5.74) is 1.34. The number of carbonyl (C=O) groups is 4. The Bertz CT molecular complexity index is 1440. The zero-order valence-corrected chi connectivity index (χ0v) is 22.5. The van der Waals surface area contributed by atoms with E-state index in [1.54, 1.807) is 12.1 Å². The Hall–Kier alpha value is -3.23. The molecule has 10 heteroatoms. The molecule has 4 amide bonds. The lowest BCUT2D eigenvalue weighted by Crippen LogP contribution is -2.60. The molecule has 0 radical (unpaired) electrons. The number of carbonyl (C=O) groups excluding carboxylic acids is 4. The second-order valence-corrected chi connectivity index (χ2v) is 11.9. The van der Waals surface area contributed by atoms with Crippen LogP contribution in [-0.4, -0.2) is 49.9 Å². The Morgan fingerprint density at radius 3 is 2.26 bits per heavy atom. The summed E-state index contributed by atoms with van der Waals surface area (Å²) in [6, 6.07) is 11.0. The van der Waals surface area contributed by atoms with Gasteiger partial charge >= 0.3 is 0 Å². The number of fused-ring (bicyclic) bond motifs is 4. The lowest BCUT2D eigenvalue weighted by Gasteiger charge is -2.50. The van der Waals surface area contributed by atoms with Crippen LogP contribution in [0.15, 0.2) is 60.2 Å². The van der Waals surface area contributed by atoms with Crippen LogP contribution in [0, 0.1) is 23.6 Å². The molecular weight excluding hydrogens is 546 g/mol. The van der Waals surface area contributed by atoms with Crippen molar-refractivity contribution in [1.82, 2.24) is 4.90 Å². The third-order valence-corrected chi connectivity index (χ3v) is 10.1. The van der Waals surface area contributed by atoms with Crippen LogP contribution in [0.4, 0.5) is 10.1 Å². The molecule has 2 heterocycles. The van der Waals surface area contributed by atoms with Crippen LogP contribution < -0.4 is 4.90 Å². The summed E-state index contributed by atoms with van der Waals surface area (Å²) in [6.07, 6.45) is 2.65. The van der Waals surface area contributed by atoms with Gasteiger partial charge in [-0.2, -0.15) is 0 Å². The summed E-state index contributed by atoms with van der Waals surface area (Å²) in [7, 11) is 0. The number of phenolic OH excluding ortho intramolecular Hbond substituents is 1. The van der Waals surface area contributed by atoms with E-state index in [-0.39, 0.29) is 29.7 Å². The van der Waals surface area contributed by atoms with Crippen molar-refractivity contribution < 1.29 is 28.7 Å². The molecule has 6 atom stereocenters. The fraction of sp³-hybridized carbons (Fsp3) is 0.379. The molecule has 3 fully saturated rings. The highest BCUT2D eigenvalue weighted by molar-refractivity contribution is 6.58. The van der Waals surface area contributed by atoms with Gasteiger partial charge in [-0.25, -0.2) is 9.29 Å². The topological polar surface area (TPSA) is 95.0 Å². The van der Waals surface area contributed by atoms with Crippen molar-refractivity contribution in [1.29, 1.82) is 0 Å². The van der Waals surface area contributed by atoms with E-state index >= 15 is 0 Å². The van der Waals surface area contributed by atoms with Crippen molar-refractivity contribution in [3.05, 3.63) is 71.6 Å². The molecule has 0 spiro atoms. The van der Waals surface area contributed by atoms with Crippen LogP contribution in [0.2, 0.25) is 0 Å². The smallest absolute Gasteiger partial charge is 0.258 e. The average molecular weight is 571 g/mol. The first-order chi connectivity index (χ1) is 18.5. The number of rotatable bonds is 4. The first kappa shape index (κ1) is 26.0. The molecule has 39 heavy (non-hydrogen) atoms. The van der Waals surface area contributed by atoms with Crippen molar-refractivity contribution in [2.45, 2.75) is 41.9 Å². The van der Waals surface area contributed by atoms with E-state index in [1.807, 2.05) is 13.0 Å². The van der Waals surface area contributed by atoms with Gasteiger partial charge in [-0.3, -0.25) is 24.1 Å². The summed E-state index contributed by atoms with van der Waals surface area (Å²) in [5.74, 6) is -5.46. The Balaban J connectivity index is 1.54. The highest BCUT2D eigenvalue weighted by Gasteiger charge is 2.76. The third kappa shape index (κ3) is 3.40. The molecule has 2 aliphatic heterocycles. The molecule has 0 bridgehead atoms. The molecule has 6 rings (SSSR count). The second-order valence-electron chi connectivity index (χ2n) is 10.7. The Morgan fingerprint density at radius 2 is 1.62 bits per heavy atom. The van der Waals surface area contributed by atoms with E-state index < -0.39 is 51.1 Å². The minimum Gasteiger partial charge on any atom is -0.508 e. The van der Waals surface area contributed by atoms with E-state index in [0.29, 0.717) is 30.5 Å². The van der Waals surface area contributed by atoms with Gasteiger partial charge in [0.25, 0.3) is 11.8 Å². The molecule has 202 valence electrons. The summed E-state index contributed by atoms with van der Waals surface area (Å²) in [4.78, 5) is 53.2. The van der Waals surface area contributed by atoms with Gasteiger partial charge in [0.15, 0.2) is 9.75 Å². The molecule has 4 aliphatic rings. The van der Waals surface area contributed by atoms with Crippen molar-refractivity contribution in [2.75, 3.05) is 11.4 Å². The molecule has 2 aliphatic carbocycles. The molecule has 6 unspecified atom stereocenters. The minimum absolute atomic E-state index is 0.00176. The molecule has 0 aromatic heterocycles. The number of hydrogen-bond donors (Lipinski definition) is 1. The van der Waals surface area contributed by atoms with Crippen molar-refractivity contribution in [2.24, 2.45) is 17.8 Å². The predicted octanol–water partition coefficient (Wildman–Crippen LogP) is 4.50. The average Bonchev–Trinajstić information content (AvgIpc) is 3.24. The number of aromatic hydroxyl groups is 1. The number of likely N-dealkylation sites (tertiary alicyclic amines) is 1.